The van der Waals surface area contributed by atoms with Crippen LogP contribution < -0.4 is 16.4 Å². The van der Waals surface area contributed by atoms with E-state index in [1.54, 1.807) is 18.2 Å². The van der Waals surface area contributed by atoms with Crippen molar-refractivity contribution in [1.29, 1.82) is 0 Å². The number of halogens is 1. The molecule has 0 bridgehead atoms. The van der Waals surface area contributed by atoms with Crippen molar-refractivity contribution in [3.63, 3.8) is 0 Å². The second-order valence-electron chi connectivity index (χ2n) is 3.91. The molecule has 1 saturated heterocycles. The number of anilines is 1. The monoisotopic (exact) mass is 297 g/mol. The van der Waals surface area contributed by atoms with Gasteiger partial charge in [0.2, 0.25) is 5.91 Å². The van der Waals surface area contributed by atoms with Gasteiger partial charge in [0.15, 0.2) is 0 Å². The third-order valence-corrected chi connectivity index (χ3v) is 3.29. The average molecular weight is 298 g/mol. The highest BCUT2D eigenvalue weighted by molar-refractivity contribution is 9.10. The van der Waals surface area contributed by atoms with Crippen molar-refractivity contribution in [1.82, 2.24) is 10.6 Å². The Bertz CT molecular complexity index is 476. The van der Waals surface area contributed by atoms with Crippen molar-refractivity contribution in [2.75, 3.05) is 12.3 Å². The molecule has 0 aliphatic carbocycles. The van der Waals surface area contributed by atoms with Gasteiger partial charge >= 0.3 is 0 Å². The smallest absolute Gasteiger partial charge is 0.251 e. The largest absolute Gasteiger partial charge is 0.398 e. The first-order valence-corrected chi connectivity index (χ1v) is 5.98. The average Bonchev–Trinajstić information content (AvgIpc) is 2.68. The predicted molar refractivity (Wildman–Crippen MR) is 67.4 cm³/mol. The molecule has 90 valence electrons. The van der Waals surface area contributed by atoms with Gasteiger partial charge in [-0.2, -0.15) is 0 Å². The molecule has 2 amide bonds. The minimum absolute atomic E-state index is 0.0365. The molecule has 6 heteroatoms. The summed E-state index contributed by atoms with van der Waals surface area (Å²) in [5.74, 6) is -0.253. The zero-order valence-electron chi connectivity index (χ0n) is 9.00. The van der Waals surface area contributed by atoms with Crippen LogP contribution in [0, 0.1) is 0 Å². The second-order valence-corrected chi connectivity index (χ2v) is 4.77. The first-order chi connectivity index (χ1) is 8.06. The van der Waals surface area contributed by atoms with Gasteiger partial charge < -0.3 is 16.4 Å². The van der Waals surface area contributed by atoms with Crippen molar-refractivity contribution >= 4 is 33.4 Å². The van der Waals surface area contributed by atoms with Crippen LogP contribution in [-0.4, -0.2) is 24.4 Å². The molecule has 5 nitrogen and oxygen atoms in total. The number of carbonyl (C=O) groups excluding carboxylic acids is 2. The lowest BCUT2D eigenvalue weighted by molar-refractivity contribution is -0.119. The third kappa shape index (κ3) is 2.76. The van der Waals surface area contributed by atoms with Crippen LogP contribution in [0.1, 0.15) is 16.8 Å². The van der Waals surface area contributed by atoms with Crippen LogP contribution in [0.15, 0.2) is 22.7 Å². The van der Waals surface area contributed by atoms with Crippen LogP contribution in [0.5, 0.6) is 0 Å². The van der Waals surface area contributed by atoms with Gasteiger partial charge in [-0.3, -0.25) is 9.59 Å². The molecule has 0 aromatic heterocycles. The molecular weight excluding hydrogens is 286 g/mol. The zero-order chi connectivity index (χ0) is 12.4. The summed E-state index contributed by atoms with van der Waals surface area (Å²) in [6.07, 6.45) is 0.331. The van der Waals surface area contributed by atoms with Gasteiger partial charge in [0, 0.05) is 28.7 Å². The summed E-state index contributed by atoms with van der Waals surface area (Å²) in [4.78, 5) is 22.8. The summed E-state index contributed by atoms with van der Waals surface area (Å²) < 4.78 is 0.756. The number of nitrogens with one attached hydrogen (secondary N) is 2. The highest BCUT2D eigenvalue weighted by Crippen LogP contribution is 2.20. The number of hydrogen-bond donors (Lipinski definition) is 3. The van der Waals surface area contributed by atoms with Crippen LogP contribution in [0.3, 0.4) is 0 Å². The Kier molecular flexibility index (Phi) is 3.33. The summed E-state index contributed by atoms with van der Waals surface area (Å²) >= 11 is 3.26. The molecule has 1 aliphatic rings. The van der Waals surface area contributed by atoms with E-state index in [2.05, 4.69) is 26.6 Å². The van der Waals surface area contributed by atoms with Gasteiger partial charge in [0.25, 0.3) is 5.91 Å². The molecule has 1 unspecified atom stereocenters. The van der Waals surface area contributed by atoms with Crippen LogP contribution in [0.25, 0.3) is 0 Å². The van der Waals surface area contributed by atoms with E-state index in [9.17, 15) is 9.59 Å². The van der Waals surface area contributed by atoms with Crippen LogP contribution >= 0.6 is 15.9 Å². The molecule has 2 rings (SSSR count). The summed E-state index contributed by atoms with van der Waals surface area (Å²) in [6.45, 7) is 0.483. The van der Waals surface area contributed by atoms with Crippen LogP contribution in [0.2, 0.25) is 0 Å². The van der Waals surface area contributed by atoms with Gasteiger partial charge in [0.1, 0.15) is 0 Å². The molecule has 17 heavy (non-hydrogen) atoms. The van der Waals surface area contributed by atoms with Gasteiger partial charge in [0.05, 0.1) is 6.04 Å². The fourth-order valence-corrected chi connectivity index (χ4v) is 1.91. The zero-order valence-corrected chi connectivity index (χ0v) is 10.6. The minimum atomic E-state index is -0.217. The lowest BCUT2D eigenvalue weighted by Gasteiger charge is -2.10. The molecule has 1 aliphatic heterocycles. The first-order valence-electron chi connectivity index (χ1n) is 5.19. The van der Waals surface area contributed by atoms with Gasteiger partial charge in [-0.15, -0.1) is 0 Å². The quantitative estimate of drug-likeness (QED) is 0.701. The number of rotatable bonds is 2. The fourth-order valence-electron chi connectivity index (χ4n) is 1.66. The van der Waals surface area contributed by atoms with E-state index in [-0.39, 0.29) is 17.9 Å². The molecule has 1 aromatic rings. The Labute approximate surface area is 107 Å². The van der Waals surface area contributed by atoms with Gasteiger partial charge in [-0.25, -0.2) is 0 Å². The summed E-state index contributed by atoms with van der Waals surface area (Å²) in [6, 6.07) is 4.87. The summed E-state index contributed by atoms with van der Waals surface area (Å²) in [7, 11) is 0. The number of nitrogen functional groups attached to an aromatic ring is 1. The van der Waals surface area contributed by atoms with E-state index in [1.807, 2.05) is 0 Å². The topological polar surface area (TPSA) is 84.2 Å². The van der Waals surface area contributed by atoms with Crippen LogP contribution in [-0.2, 0) is 4.79 Å². The molecule has 1 heterocycles. The lowest BCUT2D eigenvalue weighted by Crippen LogP contribution is -2.36. The minimum Gasteiger partial charge on any atom is -0.398 e. The van der Waals surface area contributed by atoms with E-state index in [0.29, 0.717) is 24.2 Å². The van der Waals surface area contributed by atoms with Crippen molar-refractivity contribution in [3.8, 4) is 0 Å². The van der Waals surface area contributed by atoms with E-state index < -0.39 is 0 Å². The molecule has 1 fully saturated rings. The second kappa shape index (κ2) is 4.75. The molecule has 1 aromatic carbocycles. The molecule has 0 spiro atoms. The first kappa shape index (κ1) is 11.9. The highest BCUT2D eigenvalue weighted by atomic mass is 79.9. The maximum absolute atomic E-state index is 11.8. The normalized spacial score (nSPS) is 18.9. The van der Waals surface area contributed by atoms with E-state index >= 15 is 0 Å². The number of carbonyl (C=O) groups is 2. The Morgan fingerprint density at radius 3 is 2.88 bits per heavy atom. The van der Waals surface area contributed by atoms with Crippen molar-refractivity contribution < 1.29 is 9.59 Å². The number of nitrogens with two attached hydrogens (primary N) is 1. The third-order valence-electron chi connectivity index (χ3n) is 2.57. The summed E-state index contributed by atoms with van der Waals surface area (Å²) in [5.41, 5.74) is 6.70. The SMILES string of the molecule is Nc1cc(C(=O)NC2CNC(=O)C2)ccc1Br. The maximum Gasteiger partial charge on any atom is 0.251 e. The van der Waals surface area contributed by atoms with Gasteiger partial charge in [-0.05, 0) is 34.1 Å². The molecular formula is C11H12BrN3O2. The van der Waals surface area contributed by atoms with Crippen molar-refractivity contribution in [2.45, 2.75) is 12.5 Å². The molecule has 0 radical (unpaired) electrons. The number of hydrogen-bond acceptors (Lipinski definition) is 3. The highest BCUT2D eigenvalue weighted by Gasteiger charge is 2.23. The Morgan fingerprint density at radius 1 is 1.53 bits per heavy atom. The molecule has 4 N–H and O–H groups in total. The van der Waals surface area contributed by atoms with Crippen molar-refractivity contribution in [3.05, 3.63) is 28.2 Å². The Hall–Kier alpha value is -1.56. The fraction of sp³-hybridized carbons (Fsp3) is 0.273. The molecule has 1 atom stereocenters. The standard InChI is InChI=1S/C11H12BrN3O2/c12-8-2-1-6(3-9(8)13)11(17)15-7-4-10(16)14-5-7/h1-3,7H,4-5,13H2,(H,14,16)(H,15,17). The lowest BCUT2D eigenvalue weighted by atomic mass is 10.1. The maximum atomic E-state index is 11.8. The van der Waals surface area contributed by atoms with Crippen LogP contribution in [0.4, 0.5) is 5.69 Å². The van der Waals surface area contributed by atoms with E-state index in [1.165, 1.54) is 0 Å². The Morgan fingerprint density at radius 2 is 2.29 bits per heavy atom. The van der Waals surface area contributed by atoms with E-state index in [0.717, 1.165) is 4.47 Å². The number of benzene rings is 1. The Balaban J connectivity index is 2.04. The summed E-state index contributed by atoms with van der Waals surface area (Å²) in [5, 5.41) is 5.44. The van der Waals surface area contributed by atoms with Gasteiger partial charge in [-0.1, -0.05) is 0 Å². The number of amides is 2. The van der Waals surface area contributed by atoms with Crippen molar-refractivity contribution in [2.24, 2.45) is 0 Å². The van der Waals surface area contributed by atoms with E-state index in [4.69, 9.17) is 5.73 Å². The predicted octanol–water partition coefficient (Wildman–Crippen LogP) is 0.650. The molecule has 0 saturated carbocycles.